The van der Waals surface area contributed by atoms with E-state index < -0.39 is 11.2 Å². The number of rotatable bonds is 9. The molecule has 3 heterocycles. The highest BCUT2D eigenvalue weighted by Crippen LogP contribution is 2.33. The minimum Gasteiger partial charge on any atom is -0.444 e. The van der Waals surface area contributed by atoms with Gasteiger partial charge in [0.25, 0.3) is 0 Å². The van der Waals surface area contributed by atoms with E-state index in [0.29, 0.717) is 19.6 Å². The number of allylic oxidation sites excluding steroid dienone is 1. The number of hydrogen-bond donors (Lipinski definition) is 2. The van der Waals surface area contributed by atoms with E-state index in [0.717, 1.165) is 65.2 Å². The summed E-state index contributed by atoms with van der Waals surface area (Å²) in [5.41, 5.74) is 5.10. The molecular weight excluding hydrogens is 616 g/mol. The normalized spacial score (nSPS) is 17.1. The summed E-state index contributed by atoms with van der Waals surface area (Å²) >= 11 is 0. The Labute approximate surface area is 290 Å². The first-order valence-corrected chi connectivity index (χ1v) is 17.5. The minimum absolute atomic E-state index is 0.00594. The van der Waals surface area contributed by atoms with Crippen LogP contribution in [-0.4, -0.2) is 72.3 Å². The highest BCUT2D eigenvalue weighted by Gasteiger charge is 2.36. The van der Waals surface area contributed by atoms with E-state index in [9.17, 15) is 9.59 Å². The summed E-state index contributed by atoms with van der Waals surface area (Å²) < 4.78 is 11.2. The molecule has 2 unspecified atom stereocenters. The van der Waals surface area contributed by atoms with E-state index in [1.54, 1.807) is 4.90 Å². The van der Waals surface area contributed by atoms with Gasteiger partial charge in [-0.1, -0.05) is 49.4 Å². The van der Waals surface area contributed by atoms with Crippen LogP contribution in [0.5, 0.6) is 0 Å². The number of hydrogen-bond acceptors (Lipinski definition) is 6. The summed E-state index contributed by atoms with van der Waals surface area (Å²) in [7, 11) is 0. The second-order valence-corrected chi connectivity index (χ2v) is 15.0. The van der Waals surface area contributed by atoms with Gasteiger partial charge < -0.3 is 29.2 Å². The highest BCUT2D eigenvalue weighted by molar-refractivity contribution is 5.76. The number of imidazole rings is 2. The van der Waals surface area contributed by atoms with Crippen molar-refractivity contribution in [3.05, 3.63) is 77.5 Å². The predicted molar refractivity (Wildman–Crippen MR) is 194 cm³/mol. The maximum absolute atomic E-state index is 12.9. The fourth-order valence-corrected chi connectivity index (χ4v) is 6.17. The van der Waals surface area contributed by atoms with Gasteiger partial charge in [-0.15, -0.1) is 0 Å². The summed E-state index contributed by atoms with van der Waals surface area (Å²) in [6, 6.07) is 14.7. The Hall–Kier alpha value is -4.60. The first kappa shape index (κ1) is 35.7. The van der Waals surface area contributed by atoms with Crippen molar-refractivity contribution in [1.29, 1.82) is 0 Å². The smallest absolute Gasteiger partial charge is 0.410 e. The van der Waals surface area contributed by atoms with Gasteiger partial charge in [0, 0.05) is 25.0 Å². The summed E-state index contributed by atoms with van der Waals surface area (Å²) in [5, 5.41) is 0. The van der Waals surface area contributed by atoms with Crippen LogP contribution in [0.2, 0.25) is 0 Å². The molecule has 0 radical (unpaired) electrons. The van der Waals surface area contributed by atoms with Gasteiger partial charge >= 0.3 is 12.2 Å². The standard InChI is InChI=1S/C39H52N6O4/c1-9-21-44(36(46)48-38(3,4)5)25-34-40-24-33(41-34)29-18-15-27(16-19-29)12-10-13-28-17-20-31-32(23-28)43-35(42-31)30-14-11-22-45(26(30)2)37(47)49-39(6,7)8/h10,12,15-20,23-24,26,30H,9,11,13-14,21-22,25H2,1-8H3,(H,40,41)(H,42,43)/b12-10+. The molecule has 4 aromatic rings. The molecule has 5 rings (SSSR count). The second kappa shape index (κ2) is 14.9. The van der Waals surface area contributed by atoms with Gasteiger partial charge in [-0.2, -0.15) is 0 Å². The lowest BCUT2D eigenvalue weighted by Crippen LogP contribution is -2.48. The van der Waals surface area contributed by atoms with Crippen LogP contribution in [0.15, 0.2) is 54.7 Å². The Bertz CT molecular complexity index is 1760. The van der Waals surface area contributed by atoms with Crippen LogP contribution in [0.4, 0.5) is 9.59 Å². The van der Waals surface area contributed by atoms with Crippen molar-refractivity contribution in [3.8, 4) is 11.3 Å². The number of nitrogens with one attached hydrogen (secondary N) is 2. The number of fused-ring (bicyclic) bond motifs is 1. The van der Waals surface area contributed by atoms with Crippen molar-refractivity contribution in [3.63, 3.8) is 0 Å². The summed E-state index contributed by atoms with van der Waals surface area (Å²) in [4.78, 5) is 45.4. The fraction of sp³-hybridized carbons (Fsp3) is 0.487. The number of ether oxygens (including phenoxy) is 2. The number of amides is 2. The average molecular weight is 669 g/mol. The highest BCUT2D eigenvalue weighted by atomic mass is 16.6. The first-order chi connectivity index (χ1) is 23.2. The van der Waals surface area contributed by atoms with Crippen molar-refractivity contribution in [1.82, 2.24) is 29.7 Å². The molecule has 0 bridgehead atoms. The van der Waals surface area contributed by atoms with Gasteiger partial charge in [-0.25, -0.2) is 19.6 Å². The number of carbonyl (C=O) groups excluding carboxylic acids is 2. The second-order valence-electron chi connectivity index (χ2n) is 15.0. The third kappa shape index (κ3) is 9.52. The van der Waals surface area contributed by atoms with Gasteiger partial charge in [0.05, 0.1) is 29.5 Å². The van der Waals surface area contributed by atoms with E-state index in [2.05, 4.69) is 76.5 Å². The number of aromatic nitrogens is 4. The van der Waals surface area contributed by atoms with Crippen LogP contribution >= 0.6 is 0 Å². The van der Waals surface area contributed by atoms with E-state index in [1.807, 2.05) is 59.6 Å². The van der Waals surface area contributed by atoms with Gasteiger partial charge in [-0.05, 0) is 103 Å². The van der Waals surface area contributed by atoms with Crippen molar-refractivity contribution in [2.75, 3.05) is 13.1 Å². The molecule has 262 valence electrons. The summed E-state index contributed by atoms with van der Waals surface area (Å²) in [6.45, 7) is 17.1. The van der Waals surface area contributed by atoms with Crippen LogP contribution in [0.1, 0.15) is 103 Å². The Morgan fingerprint density at radius 3 is 2.45 bits per heavy atom. The Balaban J connectivity index is 1.18. The van der Waals surface area contributed by atoms with Crippen LogP contribution < -0.4 is 0 Å². The zero-order valence-electron chi connectivity index (χ0n) is 30.3. The molecule has 49 heavy (non-hydrogen) atoms. The molecule has 1 aliphatic rings. The van der Waals surface area contributed by atoms with Crippen LogP contribution in [-0.2, 0) is 22.4 Å². The quantitative estimate of drug-likeness (QED) is 0.184. The largest absolute Gasteiger partial charge is 0.444 e. The lowest BCUT2D eigenvalue weighted by Gasteiger charge is -2.39. The molecule has 0 saturated carbocycles. The SMILES string of the molecule is CCCN(Cc1ncc(-c2ccc(/C=C/Cc3ccc4nc(C5CCCN(C(=O)OC(C)(C)C)C5C)[nH]c4c3)cc2)[nH]1)C(=O)OC(C)(C)C. The summed E-state index contributed by atoms with van der Waals surface area (Å²) in [6.07, 6.45) is 9.02. The van der Waals surface area contributed by atoms with Crippen LogP contribution in [0.3, 0.4) is 0 Å². The molecule has 2 N–H and O–H groups in total. The topological polar surface area (TPSA) is 116 Å². The van der Waals surface area contributed by atoms with E-state index >= 15 is 0 Å². The zero-order chi connectivity index (χ0) is 35.3. The van der Waals surface area contributed by atoms with Gasteiger partial charge in [-0.3, -0.25) is 0 Å². The average Bonchev–Trinajstić information content (AvgIpc) is 3.66. The number of nitrogens with zero attached hydrogens (tertiary/aromatic N) is 4. The molecule has 2 amide bonds. The maximum Gasteiger partial charge on any atom is 0.410 e. The Kier molecular flexibility index (Phi) is 10.8. The number of aromatic amines is 2. The molecular formula is C39H52N6O4. The number of likely N-dealkylation sites (tertiary alicyclic amines) is 1. The van der Waals surface area contributed by atoms with Crippen LogP contribution in [0, 0.1) is 0 Å². The van der Waals surface area contributed by atoms with E-state index in [4.69, 9.17) is 14.5 Å². The lowest BCUT2D eigenvalue weighted by atomic mass is 9.90. The van der Waals surface area contributed by atoms with Gasteiger partial charge in [0.1, 0.15) is 22.9 Å². The Morgan fingerprint density at radius 1 is 1.02 bits per heavy atom. The van der Waals surface area contributed by atoms with Crippen molar-refractivity contribution in [2.24, 2.45) is 0 Å². The third-order valence-electron chi connectivity index (χ3n) is 8.53. The Morgan fingerprint density at radius 2 is 1.76 bits per heavy atom. The van der Waals surface area contributed by atoms with E-state index in [1.165, 1.54) is 5.56 Å². The first-order valence-electron chi connectivity index (χ1n) is 17.5. The number of carbonyl (C=O) groups is 2. The number of benzene rings is 2. The van der Waals surface area contributed by atoms with Gasteiger partial charge in [0.15, 0.2) is 0 Å². The van der Waals surface area contributed by atoms with Gasteiger partial charge in [0.2, 0.25) is 0 Å². The molecule has 10 nitrogen and oxygen atoms in total. The van der Waals surface area contributed by atoms with Crippen molar-refractivity contribution >= 4 is 29.3 Å². The number of piperidine rings is 1. The molecule has 0 aliphatic carbocycles. The lowest BCUT2D eigenvalue weighted by molar-refractivity contribution is 0.00849. The molecule has 2 atom stereocenters. The van der Waals surface area contributed by atoms with Crippen molar-refractivity contribution in [2.45, 2.75) is 111 Å². The fourth-order valence-electron chi connectivity index (χ4n) is 6.17. The number of H-pyrrole nitrogens is 2. The predicted octanol–water partition coefficient (Wildman–Crippen LogP) is 8.86. The molecule has 1 fully saturated rings. The molecule has 2 aromatic carbocycles. The summed E-state index contributed by atoms with van der Waals surface area (Å²) in [5.74, 6) is 1.77. The molecule has 2 aromatic heterocycles. The molecule has 1 aliphatic heterocycles. The molecule has 10 heteroatoms. The molecule has 1 saturated heterocycles. The zero-order valence-corrected chi connectivity index (χ0v) is 30.3. The maximum atomic E-state index is 12.9. The molecule has 0 spiro atoms. The third-order valence-corrected chi connectivity index (χ3v) is 8.53. The van der Waals surface area contributed by atoms with E-state index in [-0.39, 0.29) is 24.1 Å². The van der Waals surface area contributed by atoms with Crippen molar-refractivity contribution < 1.29 is 19.1 Å². The van der Waals surface area contributed by atoms with Crippen LogP contribution in [0.25, 0.3) is 28.4 Å². The monoisotopic (exact) mass is 668 g/mol. The minimum atomic E-state index is -0.547.